The number of thiol groups is 2. The molecule has 2 aliphatic heterocycles. The lowest BCUT2D eigenvalue weighted by Gasteiger charge is -2.39. The van der Waals surface area contributed by atoms with Gasteiger partial charge >= 0.3 is 0 Å². The van der Waals surface area contributed by atoms with Gasteiger partial charge in [0.2, 0.25) is 0 Å². The second-order valence-electron chi connectivity index (χ2n) is 6.92. The summed E-state index contributed by atoms with van der Waals surface area (Å²) in [6.45, 7) is 2.14. The molecule has 2 atom stereocenters. The zero-order valence-corrected chi connectivity index (χ0v) is 14.4. The number of rotatable bonds is 2. The van der Waals surface area contributed by atoms with Crippen molar-refractivity contribution in [1.82, 2.24) is 4.90 Å². The van der Waals surface area contributed by atoms with Gasteiger partial charge in [-0.25, -0.2) is 0 Å². The fraction of sp³-hybridized carbons (Fsp3) is 0.647. The molecule has 1 unspecified atom stereocenters. The van der Waals surface area contributed by atoms with E-state index in [1.165, 1.54) is 49.9 Å². The van der Waals surface area contributed by atoms with Gasteiger partial charge < -0.3 is 10.2 Å². The Morgan fingerprint density at radius 3 is 2.67 bits per heavy atom. The van der Waals surface area contributed by atoms with Crippen molar-refractivity contribution < 1.29 is 0 Å². The van der Waals surface area contributed by atoms with Crippen LogP contribution in [0.4, 0.5) is 5.69 Å². The number of benzene rings is 1. The summed E-state index contributed by atoms with van der Waals surface area (Å²) < 4.78 is -0.268. The molecular weight excluding hydrogens is 296 g/mol. The minimum absolute atomic E-state index is 0.268. The lowest BCUT2D eigenvalue weighted by atomic mass is 9.89. The number of likely N-dealkylation sites (tertiary alicyclic amines) is 1. The van der Waals surface area contributed by atoms with E-state index in [0.29, 0.717) is 12.0 Å². The van der Waals surface area contributed by atoms with E-state index in [0.717, 1.165) is 6.54 Å². The molecule has 4 rings (SSSR count). The summed E-state index contributed by atoms with van der Waals surface area (Å²) in [7, 11) is 2.21. The standard InChI is InChI=1S/C17H24N2S2/c1-19-7-3-6-16(19)17(20,21)14-10-18-15-9-12-5-2-4-11(12)8-13(14)15/h8-9,14,16,18,20-21H,2-7,10H2,1H3/t14?,16-/m1/s1. The third kappa shape index (κ3) is 2.22. The van der Waals surface area contributed by atoms with E-state index in [-0.39, 0.29) is 4.08 Å². The molecule has 1 aromatic rings. The monoisotopic (exact) mass is 320 g/mol. The molecule has 0 spiro atoms. The second-order valence-corrected chi connectivity index (χ2v) is 8.75. The summed E-state index contributed by atoms with van der Waals surface area (Å²) in [5.41, 5.74) is 5.87. The quantitative estimate of drug-likeness (QED) is 0.572. The highest BCUT2D eigenvalue weighted by molar-refractivity contribution is 8.00. The molecule has 1 aromatic carbocycles. The molecule has 1 N–H and O–H groups in total. The molecule has 1 aliphatic carbocycles. The Kier molecular flexibility index (Phi) is 3.47. The van der Waals surface area contributed by atoms with Crippen LogP contribution >= 0.6 is 25.3 Å². The zero-order chi connectivity index (χ0) is 14.6. The smallest absolute Gasteiger partial charge is 0.0792 e. The highest BCUT2D eigenvalue weighted by Crippen LogP contribution is 2.50. The predicted molar refractivity (Wildman–Crippen MR) is 96.1 cm³/mol. The largest absolute Gasteiger partial charge is 0.384 e. The van der Waals surface area contributed by atoms with Gasteiger partial charge in [-0.05, 0) is 68.5 Å². The van der Waals surface area contributed by atoms with Gasteiger partial charge in [-0.15, -0.1) is 0 Å². The van der Waals surface area contributed by atoms with E-state index in [4.69, 9.17) is 25.3 Å². The third-order valence-corrected chi connectivity index (χ3v) is 6.88. The molecule has 4 heteroatoms. The molecule has 0 amide bonds. The van der Waals surface area contributed by atoms with Crippen molar-refractivity contribution in [2.75, 3.05) is 25.5 Å². The Hall–Kier alpha value is -0.320. The first-order valence-corrected chi connectivity index (χ1v) is 9.01. The fourth-order valence-electron chi connectivity index (χ4n) is 4.46. The van der Waals surface area contributed by atoms with Gasteiger partial charge in [0.05, 0.1) is 4.08 Å². The van der Waals surface area contributed by atoms with Crippen LogP contribution in [0.25, 0.3) is 0 Å². The molecule has 1 fully saturated rings. The molecule has 114 valence electrons. The van der Waals surface area contributed by atoms with Crippen LogP contribution in [0.15, 0.2) is 12.1 Å². The van der Waals surface area contributed by atoms with Crippen molar-refractivity contribution >= 4 is 30.9 Å². The number of nitrogens with zero attached hydrogens (tertiary/aromatic N) is 1. The molecule has 0 saturated carbocycles. The van der Waals surface area contributed by atoms with Gasteiger partial charge in [0.15, 0.2) is 0 Å². The maximum Gasteiger partial charge on any atom is 0.0792 e. The molecule has 0 bridgehead atoms. The SMILES string of the molecule is CN1CCC[C@@H]1C(S)(S)C1CNc2cc3c(cc21)CCC3. The summed E-state index contributed by atoms with van der Waals surface area (Å²) in [6, 6.07) is 5.28. The minimum Gasteiger partial charge on any atom is -0.384 e. The molecule has 21 heavy (non-hydrogen) atoms. The third-order valence-electron chi connectivity index (χ3n) is 5.66. The van der Waals surface area contributed by atoms with Crippen LogP contribution in [0.5, 0.6) is 0 Å². The van der Waals surface area contributed by atoms with E-state index in [9.17, 15) is 0 Å². The van der Waals surface area contributed by atoms with Crippen LogP contribution in [-0.4, -0.2) is 35.2 Å². The van der Waals surface area contributed by atoms with Crippen molar-refractivity contribution in [3.8, 4) is 0 Å². The number of nitrogens with one attached hydrogen (secondary N) is 1. The fourth-order valence-corrected chi connectivity index (χ4v) is 5.58. The van der Waals surface area contributed by atoms with Crippen LogP contribution in [0.1, 0.15) is 41.9 Å². The van der Waals surface area contributed by atoms with Gasteiger partial charge in [0.25, 0.3) is 0 Å². The molecule has 2 nitrogen and oxygen atoms in total. The zero-order valence-electron chi connectivity index (χ0n) is 12.6. The number of hydrogen-bond donors (Lipinski definition) is 3. The number of hydrogen-bond acceptors (Lipinski definition) is 4. The normalized spacial score (nSPS) is 28.5. The Labute approximate surface area is 138 Å². The van der Waals surface area contributed by atoms with Crippen LogP contribution < -0.4 is 5.32 Å². The summed E-state index contributed by atoms with van der Waals surface area (Å²) in [4.78, 5) is 2.44. The van der Waals surface area contributed by atoms with Gasteiger partial charge in [-0.3, -0.25) is 0 Å². The molecule has 0 aromatic heterocycles. The number of anilines is 1. The van der Waals surface area contributed by atoms with Crippen molar-refractivity contribution in [2.24, 2.45) is 0 Å². The van der Waals surface area contributed by atoms with E-state index >= 15 is 0 Å². The maximum absolute atomic E-state index is 5.05. The van der Waals surface area contributed by atoms with Crippen molar-refractivity contribution in [1.29, 1.82) is 0 Å². The molecule has 2 heterocycles. The van der Waals surface area contributed by atoms with Gasteiger partial charge in [-0.2, -0.15) is 25.3 Å². The van der Waals surface area contributed by atoms with Crippen LogP contribution in [0.3, 0.4) is 0 Å². The highest BCUT2D eigenvalue weighted by Gasteiger charge is 2.46. The summed E-state index contributed by atoms with van der Waals surface area (Å²) in [5.74, 6) is 0.385. The first kappa shape index (κ1) is 14.3. The van der Waals surface area contributed by atoms with Gasteiger partial charge in [-0.1, -0.05) is 6.07 Å². The topological polar surface area (TPSA) is 15.3 Å². The predicted octanol–water partition coefficient (Wildman–Crippen LogP) is 3.33. The average Bonchev–Trinajstić information content (AvgIpc) is 3.13. The van der Waals surface area contributed by atoms with E-state index in [1.807, 2.05) is 0 Å². The Balaban J connectivity index is 1.69. The van der Waals surface area contributed by atoms with Crippen LogP contribution in [0.2, 0.25) is 0 Å². The van der Waals surface area contributed by atoms with E-state index < -0.39 is 0 Å². The first-order chi connectivity index (χ1) is 10.1. The number of fused-ring (bicyclic) bond motifs is 2. The maximum atomic E-state index is 5.05. The Morgan fingerprint density at radius 1 is 1.19 bits per heavy atom. The Morgan fingerprint density at radius 2 is 1.95 bits per heavy atom. The lowest BCUT2D eigenvalue weighted by Crippen LogP contribution is -2.45. The van der Waals surface area contributed by atoms with Crippen molar-refractivity contribution in [2.45, 2.75) is 48.1 Å². The van der Waals surface area contributed by atoms with E-state index in [2.05, 4.69) is 29.4 Å². The van der Waals surface area contributed by atoms with E-state index in [1.54, 1.807) is 11.1 Å². The van der Waals surface area contributed by atoms with Gasteiger partial charge in [0, 0.05) is 24.2 Å². The number of aryl methyl sites for hydroxylation is 2. The van der Waals surface area contributed by atoms with Crippen LogP contribution in [0, 0.1) is 0 Å². The summed E-state index contributed by atoms with van der Waals surface area (Å²) >= 11 is 10.1. The molecular formula is C17H24N2S2. The van der Waals surface area contributed by atoms with Crippen LogP contribution in [-0.2, 0) is 12.8 Å². The lowest BCUT2D eigenvalue weighted by molar-refractivity contribution is 0.280. The first-order valence-electron chi connectivity index (χ1n) is 8.12. The molecule has 0 radical (unpaired) electrons. The molecule has 3 aliphatic rings. The van der Waals surface area contributed by atoms with Gasteiger partial charge in [0.1, 0.15) is 0 Å². The average molecular weight is 321 g/mol. The minimum atomic E-state index is -0.268. The molecule has 1 saturated heterocycles. The Bertz CT molecular complexity index is 570. The van der Waals surface area contributed by atoms with Crippen molar-refractivity contribution in [3.05, 3.63) is 28.8 Å². The second kappa shape index (κ2) is 5.10. The van der Waals surface area contributed by atoms with Crippen molar-refractivity contribution in [3.63, 3.8) is 0 Å². The summed E-state index contributed by atoms with van der Waals surface area (Å²) in [6.07, 6.45) is 6.26. The summed E-state index contributed by atoms with van der Waals surface area (Å²) in [5, 5.41) is 3.61. The highest BCUT2D eigenvalue weighted by atomic mass is 32.2.